The van der Waals surface area contributed by atoms with Crippen molar-refractivity contribution < 1.29 is 9.53 Å². The van der Waals surface area contributed by atoms with E-state index in [-0.39, 0.29) is 12.0 Å². The van der Waals surface area contributed by atoms with Crippen LogP contribution in [0.25, 0.3) is 0 Å². The van der Waals surface area contributed by atoms with Gasteiger partial charge < -0.3 is 15.0 Å². The van der Waals surface area contributed by atoms with Gasteiger partial charge in [0.25, 0.3) is 5.91 Å². The van der Waals surface area contributed by atoms with E-state index in [0.717, 1.165) is 37.5 Å². The summed E-state index contributed by atoms with van der Waals surface area (Å²) < 4.78 is 6.15. The van der Waals surface area contributed by atoms with Gasteiger partial charge in [-0.1, -0.05) is 6.07 Å². The Balaban J connectivity index is 1.64. The lowest BCUT2D eigenvalue weighted by atomic mass is 10.1. The molecular formula is C20H25N3O2. The number of amides is 1. The van der Waals surface area contributed by atoms with E-state index in [1.807, 2.05) is 12.1 Å². The first-order chi connectivity index (χ1) is 12.1. The predicted octanol–water partition coefficient (Wildman–Crippen LogP) is 3.11. The van der Waals surface area contributed by atoms with E-state index in [0.29, 0.717) is 5.56 Å². The van der Waals surface area contributed by atoms with Gasteiger partial charge in [-0.15, -0.1) is 0 Å². The van der Waals surface area contributed by atoms with Crippen LogP contribution in [0.15, 0.2) is 36.5 Å². The number of aromatic nitrogens is 1. The van der Waals surface area contributed by atoms with Crippen LogP contribution in [-0.4, -0.2) is 37.1 Å². The van der Waals surface area contributed by atoms with Crippen LogP contribution in [0.3, 0.4) is 0 Å². The normalized spacial score (nSPS) is 15.1. The summed E-state index contributed by atoms with van der Waals surface area (Å²) in [5.41, 5.74) is 3.15. The molecule has 1 aliphatic rings. The van der Waals surface area contributed by atoms with Gasteiger partial charge in [0.15, 0.2) is 0 Å². The van der Waals surface area contributed by atoms with Crippen molar-refractivity contribution in [2.24, 2.45) is 0 Å². The SMILES string of the molecule is CNC(=O)c1cccnc1N1CCC(Oc2ccc(C)c(C)c2)CC1. The fourth-order valence-electron chi connectivity index (χ4n) is 3.13. The molecular weight excluding hydrogens is 314 g/mol. The van der Waals surface area contributed by atoms with Crippen LogP contribution in [0.1, 0.15) is 34.3 Å². The standard InChI is InChI=1S/C20H25N3O2/c1-14-6-7-17(13-15(14)2)25-16-8-11-23(12-9-16)19-18(20(24)21-3)5-4-10-22-19/h4-7,10,13,16H,8-9,11-12H2,1-3H3,(H,21,24). The van der Waals surface area contributed by atoms with Gasteiger partial charge in [0.2, 0.25) is 0 Å². The third-order valence-corrected chi connectivity index (χ3v) is 4.78. The van der Waals surface area contributed by atoms with Gasteiger partial charge in [0, 0.05) is 39.2 Å². The van der Waals surface area contributed by atoms with Crippen LogP contribution >= 0.6 is 0 Å². The highest BCUT2D eigenvalue weighted by molar-refractivity contribution is 5.98. The summed E-state index contributed by atoms with van der Waals surface area (Å²) in [5.74, 6) is 1.59. The van der Waals surface area contributed by atoms with Gasteiger partial charge in [0.05, 0.1) is 5.56 Å². The number of carbonyl (C=O) groups excluding carboxylic acids is 1. The number of ether oxygens (including phenoxy) is 1. The van der Waals surface area contributed by atoms with Crippen LogP contribution in [-0.2, 0) is 0 Å². The maximum Gasteiger partial charge on any atom is 0.254 e. The molecule has 25 heavy (non-hydrogen) atoms. The third-order valence-electron chi connectivity index (χ3n) is 4.78. The zero-order valence-electron chi connectivity index (χ0n) is 15.1. The molecule has 132 valence electrons. The largest absolute Gasteiger partial charge is 0.490 e. The number of rotatable bonds is 4. The second kappa shape index (κ2) is 7.55. The van der Waals surface area contributed by atoms with Crippen LogP contribution in [0.4, 0.5) is 5.82 Å². The number of hydrogen-bond donors (Lipinski definition) is 1. The van der Waals surface area contributed by atoms with Crippen molar-refractivity contribution in [3.05, 3.63) is 53.2 Å². The van der Waals surface area contributed by atoms with Gasteiger partial charge in [-0.2, -0.15) is 0 Å². The number of aryl methyl sites for hydroxylation is 2. The first kappa shape index (κ1) is 17.3. The lowest BCUT2D eigenvalue weighted by Gasteiger charge is -2.33. The van der Waals surface area contributed by atoms with Crippen molar-refractivity contribution >= 4 is 11.7 Å². The molecule has 1 aromatic carbocycles. The van der Waals surface area contributed by atoms with Gasteiger partial charge in [-0.05, 0) is 49.2 Å². The van der Waals surface area contributed by atoms with Crippen molar-refractivity contribution in [3.8, 4) is 5.75 Å². The maximum absolute atomic E-state index is 12.0. The topological polar surface area (TPSA) is 54.5 Å². The van der Waals surface area contributed by atoms with Gasteiger partial charge in [0.1, 0.15) is 17.7 Å². The summed E-state index contributed by atoms with van der Waals surface area (Å²) in [5, 5.41) is 2.68. The Morgan fingerprint density at radius 2 is 1.96 bits per heavy atom. The number of nitrogens with one attached hydrogen (secondary N) is 1. The number of anilines is 1. The van der Waals surface area contributed by atoms with Crippen molar-refractivity contribution in [1.29, 1.82) is 0 Å². The fourth-order valence-corrected chi connectivity index (χ4v) is 3.13. The summed E-state index contributed by atoms with van der Waals surface area (Å²) >= 11 is 0. The minimum atomic E-state index is -0.100. The van der Waals surface area contributed by atoms with E-state index < -0.39 is 0 Å². The molecule has 1 saturated heterocycles. The molecule has 5 nitrogen and oxygen atoms in total. The zero-order valence-corrected chi connectivity index (χ0v) is 15.1. The van der Waals surface area contributed by atoms with Gasteiger partial charge in [-0.25, -0.2) is 4.98 Å². The molecule has 0 unspecified atom stereocenters. The Bertz CT molecular complexity index is 752. The lowest BCUT2D eigenvalue weighted by Crippen LogP contribution is -2.39. The van der Waals surface area contributed by atoms with Crippen LogP contribution in [0.2, 0.25) is 0 Å². The Morgan fingerprint density at radius 1 is 1.20 bits per heavy atom. The monoisotopic (exact) mass is 339 g/mol. The van der Waals surface area contributed by atoms with E-state index in [4.69, 9.17) is 4.74 Å². The van der Waals surface area contributed by atoms with Gasteiger partial charge in [-0.3, -0.25) is 4.79 Å². The fraction of sp³-hybridized carbons (Fsp3) is 0.400. The van der Waals surface area contributed by atoms with Crippen molar-refractivity contribution in [1.82, 2.24) is 10.3 Å². The molecule has 0 aliphatic carbocycles. The quantitative estimate of drug-likeness (QED) is 0.930. The Hall–Kier alpha value is -2.56. The summed E-state index contributed by atoms with van der Waals surface area (Å²) in [6.45, 7) is 5.87. The molecule has 0 bridgehead atoms. The number of piperidine rings is 1. The molecule has 2 heterocycles. The highest BCUT2D eigenvalue weighted by atomic mass is 16.5. The first-order valence-corrected chi connectivity index (χ1v) is 8.74. The number of benzene rings is 1. The van der Waals surface area contributed by atoms with Crippen molar-refractivity contribution in [2.75, 3.05) is 25.0 Å². The second-order valence-corrected chi connectivity index (χ2v) is 6.50. The first-order valence-electron chi connectivity index (χ1n) is 8.74. The molecule has 0 spiro atoms. The minimum Gasteiger partial charge on any atom is -0.490 e. The average Bonchev–Trinajstić information content (AvgIpc) is 2.65. The Labute approximate surface area is 149 Å². The molecule has 1 aromatic heterocycles. The summed E-state index contributed by atoms with van der Waals surface area (Å²) in [7, 11) is 1.64. The summed E-state index contributed by atoms with van der Waals surface area (Å²) in [4.78, 5) is 18.6. The molecule has 2 aromatic rings. The molecule has 1 amide bonds. The van der Waals surface area contributed by atoms with Crippen molar-refractivity contribution in [3.63, 3.8) is 0 Å². The average molecular weight is 339 g/mol. The summed E-state index contributed by atoms with van der Waals surface area (Å²) in [6.07, 6.45) is 3.76. The minimum absolute atomic E-state index is 0.100. The number of nitrogens with zero attached hydrogens (tertiary/aromatic N) is 2. The Morgan fingerprint density at radius 3 is 2.64 bits per heavy atom. The molecule has 3 rings (SSSR count). The van der Waals surface area contributed by atoms with Crippen LogP contribution < -0.4 is 15.0 Å². The highest BCUT2D eigenvalue weighted by Crippen LogP contribution is 2.25. The number of hydrogen-bond acceptors (Lipinski definition) is 4. The number of pyridine rings is 1. The predicted molar refractivity (Wildman–Crippen MR) is 99.4 cm³/mol. The smallest absolute Gasteiger partial charge is 0.254 e. The Kier molecular flexibility index (Phi) is 5.22. The molecule has 0 radical (unpaired) electrons. The van der Waals surface area contributed by atoms with E-state index >= 15 is 0 Å². The molecule has 0 atom stereocenters. The van der Waals surface area contributed by atoms with E-state index in [2.05, 4.69) is 41.2 Å². The maximum atomic E-state index is 12.0. The third kappa shape index (κ3) is 3.92. The molecule has 0 saturated carbocycles. The summed E-state index contributed by atoms with van der Waals surface area (Å²) in [6, 6.07) is 9.85. The highest BCUT2D eigenvalue weighted by Gasteiger charge is 2.24. The second-order valence-electron chi connectivity index (χ2n) is 6.50. The van der Waals surface area contributed by atoms with E-state index in [1.165, 1.54) is 11.1 Å². The molecule has 1 aliphatic heterocycles. The van der Waals surface area contributed by atoms with Crippen LogP contribution in [0.5, 0.6) is 5.75 Å². The number of carbonyl (C=O) groups is 1. The molecule has 1 fully saturated rings. The van der Waals surface area contributed by atoms with Gasteiger partial charge >= 0.3 is 0 Å². The van der Waals surface area contributed by atoms with Crippen LogP contribution in [0, 0.1) is 13.8 Å². The molecule has 1 N–H and O–H groups in total. The van der Waals surface area contributed by atoms with E-state index in [9.17, 15) is 4.79 Å². The van der Waals surface area contributed by atoms with Crippen molar-refractivity contribution in [2.45, 2.75) is 32.8 Å². The lowest BCUT2D eigenvalue weighted by molar-refractivity contribution is 0.0963. The van der Waals surface area contributed by atoms with E-state index in [1.54, 1.807) is 19.3 Å². The molecule has 5 heteroatoms. The zero-order chi connectivity index (χ0) is 17.8.